The molecule has 0 spiro atoms. The van der Waals surface area contributed by atoms with Gasteiger partial charge in [-0.05, 0) is 42.9 Å². The Morgan fingerprint density at radius 2 is 1.67 bits per heavy atom. The molecule has 0 aliphatic carbocycles. The van der Waals surface area contributed by atoms with E-state index in [0.717, 1.165) is 18.7 Å². The standard InChI is InChI=1S/C21H30FN3O2/c1-15-10-16(2)13-25(12-15)20(26)14-23-6-8-24(9-7-23)21(27)19-11-18(22)5-4-17(19)3/h4-5,11,15-16H,6-10,12-14H2,1-3H3. The molecule has 0 saturated carbocycles. The minimum Gasteiger partial charge on any atom is -0.341 e. The largest absolute Gasteiger partial charge is 0.341 e. The molecule has 0 radical (unpaired) electrons. The molecule has 2 fully saturated rings. The summed E-state index contributed by atoms with van der Waals surface area (Å²) in [6.07, 6.45) is 1.18. The van der Waals surface area contributed by atoms with Crippen molar-refractivity contribution in [3.8, 4) is 0 Å². The van der Waals surface area contributed by atoms with E-state index in [4.69, 9.17) is 0 Å². The summed E-state index contributed by atoms with van der Waals surface area (Å²) in [5.74, 6) is 0.785. The van der Waals surface area contributed by atoms with Crippen LogP contribution in [0.5, 0.6) is 0 Å². The van der Waals surface area contributed by atoms with Gasteiger partial charge in [-0.3, -0.25) is 14.5 Å². The fourth-order valence-corrected chi connectivity index (χ4v) is 4.26. The SMILES string of the molecule is Cc1ccc(F)cc1C(=O)N1CCN(CC(=O)N2CC(C)CC(C)C2)CC1. The minimum absolute atomic E-state index is 0.128. The smallest absolute Gasteiger partial charge is 0.254 e. The highest BCUT2D eigenvalue weighted by molar-refractivity contribution is 5.95. The third kappa shape index (κ3) is 4.86. The first-order chi connectivity index (χ1) is 12.8. The predicted molar refractivity (Wildman–Crippen MR) is 103 cm³/mol. The minimum atomic E-state index is -0.391. The molecular weight excluding hydrogens is 345 g/mol. The lowest BCUT2D eigenvalue weighted by molar-refractivity contribution is -0.135. The molecule has 0 aromatic heterocycles. The Hall–Kier alpha value is -1.95. The Morgan fingerprint density at radius 3 is 2.30 bits per heavy atom. The summed E-state index contributed by atoms with van der Waals surface area (Å²) in [4.78, 5) is 31.2. The highest BCUT2D eigenvalue weighted by Gasteiger charge is 2.28. The number of amides is 2. The highest BCUT2D eigenvalue weighted by atomic mass is 19.1. The summed E-state index contributed by atoms with van der Waals surface area (Å²) in [5, 5.41) is 0. The van der Waals surface area contributed by atoms with Crippen LogP contribution in [0, 0.1) is 24.6 Å². The maximum Gasteiger partial charge on any atom is 0.254 e. The third-order valence-electron chi connectivity index (χ3n) is 5.67. The van der Waals surface area contributed by atoms with Gasteiger partial charge in [0.05, 0.1) is 6.54 Å². The van der Waals surface area contributed by atoms with Gasteiger partial charge in [-0.15, -0.1) is 0 Å². The number of carbonyl (C=O) groups is 2. The maximum atomic E-state index is 13.5. The van der Waals surface area contributed by atoms with Gasteiger partial charge in [0.2, 0.25) is 5.91 Å². The van der Waals surface area contributed by atoms with E-state index in [1.165, 1.54) is 18.6 Å². The van der Waals surface area contributed by atoms with Gasteiger partial charge in [0.1, 0.15) is 5.82 Å². The molecule has 0 N–H and O–H groups in total. The topological polar surface area (TPSA) is 43.9 Å². The molecule has 1 aromatic rings. The van der Waals surface area contributed by atoms with E-state index in [2.05, 4.69) is 18.7 Å². The van der Waals surface area contributed by atoms with Crippen LogP contribution in [0.4, 0.5) is 4.39 Å². The van der Waals surface area contributed by atoms with Crippen molar-refractivity contribution in [1.82, 2.24) is 14.7 Å². The zero-order valence-corrected chi connectivity index (χ0v) is 16.6. The number of piperazine rings is 1. The summed E-state index contributed by atoms with van der Waals surface area (Å²) in [7, 11) is 0. The van der Waals surface area contributed by atoms with E-state index in [1.807, 2.05) is 11.8 Å². The number of piperidine rings is 1. The van der Waals surface area contributed by atoms with Crippen molar-refractivity contribution in [3.63, 3.8) is 0 Å². The third-order valence-corrected chi connectivity index (χ3v) is 5.67. The molecule has 2 saturated heterocycles. The number of aryl methyl sites for hydroxylation is 1. The van der Waals surface area contributed by atoms with E-state index < -0.39 is 5.82 Å². The molecule has 2 unspecified atom stereocenters. The van der Waals surface area contributed by atoms with Crippen LogP contribution >= 0.6 is 0 Å². The monoisotopic (exact) mass is 375 g/mol. The normalized spacial score (nSPS) is 24.1. The number of halogens is 1. The predicted octanol–water partition coefficient (Wildman–Crippen LogP) is 2.40. The van der Waals surface area contributed by atoms with Crippen LogP contribution < -0.4 is 0 Å². The van der Waals surface area contributed by atoms with Gasteiger partial charge in [-0.2, -0.15) is 0 Å². The molecule has 5 nitrogen and oxygen atoms in total. The molecule has 2 heterocycles. The Labute approximate surface area is 161 Å². The fourth-order valence-electron chi connectivity index (χ4n) is 4.26. The van der Waals surface area contributed by atoms with E-state index in [-0.39, 0.29) is 11.8 Å². The maximum absolute atomic E-state index is 13.5. The molecule has 0 bridgehead atoms. The number of nitrogens with zero attached hydrogens (tertiary/aromatic N) is 3. The molecule has 27 heavy (non-hydrogen) atoms. The van der Waals surface area contributed by atoms with Crippen molar-refractivity contribution in [3.05, 3.63) is 35.1 Å². The van der Waals surface area contributed by atoms with Crippen molar-refractivity contribution >= 4 is 11.8 Å². The van der Waals surface area contributed by atoms with Crippen molar-refractivity contribution in [2.24, 2.45) is 11.8 Å². The quantitative estimate of drug-likeness (QED) is 0.815. The molecule has 1 aromatic carbocycles. The fraction of sp³-hybridized carbons (Fsp3) is 0.619. The van der Waals surface area contributed by atoms with Crippen LogP contribution in [0.2, 0.25) is 0 Å². The van der Waals surface area contributed by atoms with Crippen LogP contribution in [0.1, 0.15) is 36.2 Å². The number of carbonyl (C=O) groups excluding carboxylic acids is 2. The van der Waals surface area contributed by atoms with Gasteiger partial charge in [0, 0.05) is 44.8 Å². The summed E-state index contributed by atoms with van der Waals surface area (Å²) in [5.41, 5.74) is 1.21. The lowest BCUT2D eigenvalue weighted by Crippen LogP contribution is -2.53. The van der Waals surface area contributed by atoms with Crippen molar-refractivity contribution in [2.45, 2.75) is 27.2 Å². The van der Waals surface area contributed by atoms with Crippen LogP contribution in [0.25, 0.3) is 0 Å². The van der Waals surface area contributed by atoms with Gasteiger partial charge in [-0.25, -0.2) is 4.39 Å². The van der Waals surface area contributed by atoms with Crippen LogP contribution in [0.15, 0.2) is 18.2 Å². The number of hydrogen-bond donors (Lipinski definition) is 0. The summed E-state index contributed by atoms with van der Waals surface area (Å²) < 4.78 is 13.5. The number of hydrogen-bond acceptors (Lipinski definition) is 3. The van der Waals surface area contributed by atoms with Crippen molar-refractivity contribution in [1.29, 1.82) is 0 Å². The first-order valence-corrected chi connectivity index (χ1v) is 9.89. The average Bonchev–Trinajstić information content (AvgIpc) is 2.63. The highest BCUT2D eigenvalue weighted by Crippen LogP contribution is 2.21. The first kappa shape index (κ1) is 19.8. The molecule has 2 atom stereocenters. The molecule has 2 aliphatic rings. The zero-order valence-electron chi connectivity index (χ0n) is 16.6. The Kier molecular flexibility index (Phi) is 6.15. The summed E-state index contributed by atoms with van der Waals surface area (Å²) in [6.45, 7) is 10.8. The zero-order chi connectivity index (χ0) is 19.6. The molecular formula is C21H30FN3O2. The van der Waals surface area contributed by atoms with E-state index in [9.17, 15) is 14.0 Å². The second-order valence-electron chi connectivity index (χ2n) is 8.27. The van der Waals surface area contributed by atoms with Gasteiger partial charge < -0.3 is 9.80 Å². The average molecular weight is 375 g/mol. The lowest BCUT2D eigenvalue weighted by Gasteiger charge is -2.38. The van der Waals surface area contributed by atoms with Gasteiger partial charge >= 0.3 is 0 Å². The molecule has 6 heteroatoms. The number of rotatable bonds is 3. The number of benzene rings is 1. The Balaban J connectivity index is 1.52. The van der Waals surface area contributed by atoms with Crippen molar-refractivity contribution < 1.29 is 14.0 Å². The van der Waals surface area contributed by atoms with Crippen LogP contribution in [-0.2, 0) is 4.79 Å². The van der Waals surface area contributed by atoms with Gasteiger partial charge in [0.25, 0.3) is 5.91 Å². The first-order valence-electron chi connectivity index (χ1n) is 9.89. The second kappa shape index (κ2) is 8.38. The van der Waals surface area contributed by atoms with Crippen LogP contribution in [-0.4, -0.2) is 72.3 Å². The molecule has 2 aliphatic heterocycles. The second-order valence-corrected chi connectivity index (χ2v) is 8.27. The number of likely N-dealkylation sites (tertiary alicyclic amines) is 1. The summed E-state index contributed by atoms with van der Waals surface area (Å²) in [6, 6.07) is 4.32. The van der Waals surface area contributed by atoms with E-state index in [1.54, 1.807) is 11.0 Å². The molecule has 148 valence electrons. The molecule has 2 amide bonds. The summed E-state index contributed by atoms with van der Waals surface area (Å²) >= 11 is 0. The van der Waals surface area contributed by atoms with Crippen molar-refractivity contribution in [2.75, 3.05) is 45.8 Å². The van der Waals surface area contributed by atoms with Crippen LogP contribution in [0.3, 0.4) is 0 Å². The Morgan fingerprint density at radius 1 is 1.04 bits per heavy atom. The van der Waals surface area contributed by atoms with Gasteiger partial charge in [-0.1, -0.05) is 19.9 Å². The Bertz CT molecular complexity index is 691. The van der Waals surface area contributed by atoms with E-state index in [0.29, 0.717) is 50.1 Å². The van der Waals surface area contributed by atoms with E-state index >= 15 is 0 Å². The van der Waals surface area contributed by atoms with Gasteiger partial charge in [0.15, 0.2) is 0 Å². The lowest BCUT2D eigenvalue weighted by atomic mass is 9.92. The molecule has 3 rings (SSSR count).